The van der Waals surface area contributed by atoms with Crippen LogP contribution in [-0.2, 0) is 17.8 Å². The summed E-state index contributed by atoms with van der Waals surface area (Å²) in [6.45, 7) is 1.91. The van der Waals surface area contributed by atoms with Crippen molar-refractivity contribution >= 4 is 50.1 Å². The van der Waals surface area contributed by atoms with Gasteiger partial charge in [-0.15, -0.1) is 17.3 Å². The van der Waals surface area contributed by atoms with E-state index in [2.05, 4.69) is 54.4 Å². The maximum absolute atomic E-state index is 12.3. The van der Waals surface area contributed by atoms with Gasteiger partial charge in [0.25, 0.3) is 0 Å². The number of hydrogen-bond donors (Lipinski definition) is 1. The molecule has 0 saturated heterocycles. The average Bonchev–Trinajstić information content (AvgIpc) is 3.32. The number of fused-ring (bicyclic) bond motifs is 1. The van der Waals surface area contributed by atoms with Crippen molar-refractivity contribution in [2.45, 2.75) is 26.1 Å². The van der Waals surface area contributed by atoms with Crippen molar-refractivity contribution in [1.82, 2.24) is 19.9 Å². The summed E-state index contributed by atoms with van der Waals surface area (Å²) in [5.74, 6) is 6.73. The Bertz CT molecular complexity index is 1780. The van der Waals surface area contributed by atoms with Crippen LogP contribution in [0.2, 0.25) is 0 Å². The molecule has 0 spiro atoms. The lowest BCUT2D eigenvalue weighted by molar-refractivity contribution is -0.145. The van der Waals surface area contributed by atoms with Gasteiger partial charge in [-0.3, -0.25) is 0 Å². The zero-order chi connectivity index (χ0) is 28.8. The molecular formula is C30H23IN4O5S. The summed E-state index contributed by atoms with van der Waals surface area (Å²) in [5, 5.41) is 10.7. The molecule has 0 aliphatic heterocycles. The molecule has 1 N–H and O–H groups in total. The number of halogens is 1. The van der Waals surface area contributed by atoms with Crippen molar-refractivity contribution in [2.75, 3.05) is 7.11 Å². The van der Waals surface area contributed by atoms with Crippen molar-refractivity contribution in [3.63, 3.8) is 0 Å². The Balaban J connectivity index is 1.36. The minimum absolute atomic E-state index is 0.0512. The number of ether oxygens (including phenoxy) is 3. The Morgan fingerprint density at radius 1 is 1.07 bits per heavy atom. The van der Waals surface area contributed by atoms with Crippen LogP contribution in [-0.4, -0.2) is 44.2 Å². The van der Waals surface area contributed by atoms with Gasteiger partial charge in [-0.05, 0) is 59.3 Å². The van der Waals surface area contributed by atoms with Crippen LogP contribution in [0.4, 0.5) is 0 Å². The van der Waals surface area contributed by atoms with Crippen LogP contribution in [0.3, 0.4) is 0 Å². The third kappa shape index (κ3) is 6.39. The van der Waals surface area contributed by atoms with Gasteiger partial charge in [0.15, 0.2) is 5.82 Å². The van der Waals surface area contributed by atoms with Crippen molar-refractivity contribution in [2.24, 2.45) is 0 Å². The quantitative estimate of drug-likeness (QED) is 0.145. The Morgan fingerprint density at radius 2 is 1.85 bits per heavy atom. The summed E-state index contributed by atoms with van der Waals surface area (Å²) in [5.41, 5.74) is 2.09. The highest BCUT2D eigenvalue weighted by atomic mass is 127. The van der Waals surface area contributed by atoms with E-state index in [1.807, 2.05) is 42.5 Å². The molecule has 1 atom stereocenters. The fourth-order valence-electron chi connectivity index (χ4n) is 4.07. The van der Waals surface area contributed by atoms with Gasteiger partial charge in [-0.2, -0.15) is 0 Å². The third-order valence-electron chi connectivity index (χ3n) is 5.98. The van der Waals surface area contributed by atoms with Crippen molar-refractivity contribution < 1.29 is 24.1 Å². The van der Waals surface area contributed by atoms with Gasteiger partial charge in [0, 0.05) is 12.6 Å². The number of carboxylic acid groups (broad SMARTS) is 1. The maximum atomic E-state index is 12.3. The second-order valence-corrected chi connectivity index (χ2v) is 10.7. The number of thiophene rings is 1. The van der Waals surface area contributed by atoms with Gasteiger partial charge < -0.3 is 19.3 Å². The van der Waals surface area contributed by atoms with E-state index >= 15 is 0 Å². The Hall–Kier alpha value is -4.28. The topological polar surface area (TPSA) is 117 Å². The number of hydrogen-bond acceptors (Lipinski definition) is 9. The van der Waals surface area contributed by atoms with E-state index < -0.39 is 12.1 Å². The fourth-order valence-corrected chi connectivity index (χ4v) is 6.14. The van der Waals surface area contributed by atoms with Gasteiger partial charge in [-0.25, -0.2) is 24.7 Å². The van der Waals surface area contributed by atoms with Crippen LogP contribution in [0, 0.1) is 15.4 Å². The standard InChI is InChI=1S/C30H23IN4O5S/c1-3-8-24-26(31)25-28(33-17-34-29(25)41-24)40-23(30(36)37)15-18-9-4-6-11-21(18)39-16-19-13-14-32-27(35-19)20-10-5-7-12-22(20)38-2/h4-7,9-14,17,23H,15-16H2,1-2H3,(H,36,37)/t23-/m1/s1. The first-order valence-corrected chi connectivity index (χ1v) is 14.3. The molecule has 5 aromatic rings. The minimum atomic E-state index is -1.22. The number of aromatic nitrogens is 4. The predicted octanol–water partition coefficient (Wildman–Crippen LogP) is 5.79. The zero-order valence-corrected chi connectivity index (χ0v) is 25.0. The van der Waals surface area contributed by atoms with E-state index in [1.54, 1.807) is 32.4 Å². The Morgan fingerprint density at radius 3 is 2.63 bits per heavy atom. The van der Waals surface area contributed by atoms with Crippen LogP contribution in [0.25, 0.3) is 21.6 Å². The number of carbonyl (C=O) groups is 1. The van der Waals surface area contributed by atoms with Crippen molar-refractivity contribution in [3.05, 3.63) is 86.8 Å². The number of rotatable bonds is 10. The molecule has 0 fully saturated rings. The van der Waals surface area contributed by atoms with Gasteiger partial charge >= 0.3 is 5.97 Å². The maximum Gasteiger partial charge on any atom is 0.345 e. The Labute approximate surface area is 253 Å². The molecule has 9 nitrogen and oxygen atoms in total. The van der Waals surface area contributed by atoms with Gasteiger partial charge in [0.05, 0.1) is 32.2 Å². The monoisotopic (exact) mass is 678 g/mol. The van der Waals surface area contributed by atoms with E-state index in [9.17, 15) is 9.90 Å². The predicted molar refractivity (Wildman–Crippen MR) is 163 cm³/mol. The second kappa shape index (κ2) is 12.9. The summed E-state index contributed by atoms with van der Waals surface area (Å²) in [4.78, 5) is 31.4. The van der Waals surface area contributed by atoms with Crippen molar-refractivity contribution in [1.29, 1.82) is 0 Å². The number of para-hydroxylation sites is 2. The first-order chi connectivity index (χ1) is 20.0. The van der Waals surface area contributed by atoms with Crippen LogP contribution in [0.15, 0.2) is 67.1 Å². The largest absolute Gasteiger partial charge is 0.496 e. The molecule has 0 unspecified atom stereocenters. The van der Waals surface area contributed by atoms with E-state index in [-0.39, 0.29) is 18.9 Å². The molecular weight excluding hydrogens is 655 g/mol. The molecule has 41 heavy (non-hydrogen) atoms. The van der Waals surface area contributed by atoms with Gasteiger partial charge in [0.1, 0.15) is 29.3 Å². The smallest absolute Gasteiger partial charge is 0.345 e. The molecule has 0 aliphatic carbocycles. The van der Waals surface area contributed by atoms with Crippen LogP contribution in [0.1, 0.15) is 23.1 Å². The lowest BCUT2D eigenvalue weighted by atomic mass is 10.1. The van der Waals surface area contributed by atoms with Gasteiger partial charge in [-0.1, -0.05) is 36.3 Å². The number of benzene rings is 2. The van der Waals surface area contributed by atoms with Gasteiger partial charge in [0.2, 0.25) is 12.0 Å². The average molecular weight is 679 g/mol. The molecule has 206 valence electrons. The normalized spacial score (nSPS) is 11.4. The van der Waals surface area contributed by atoms with E-state index in [0.717, 1.165) is 14.0 Å². The SMILES string of the molecule is CC#Cc1sc2ncnc(O[C@H](Cc3ccccc3OCc3ccnc(-c4ccccc4OC)n3)C(=O)O)c2c1I. The molecule has 2 aromatic carbocycles. The molecule has 0 saturated carbocycles. The Kier molecular flexibility index (Phi) is 8.91. The van der Waals surface area contributed by atoms with Crippen LogP contribution in [0.5, 0.6) is 17.4 Å². The van der Waals surface area contributed by atoms with Crippen LogP contribution >= 0.6 is 33.9 Å². The van der Waals surface area contributed by atoms with E-state index in [4.69, 9.17) is 14.2 Å². The fraction of sp³-hybridized carbons (Fsp3) is 0.167. The highest BCUT2D eigenvalue weighted by Gasteiger charge is 2.25. The van der Waals surface area contributed by atoms with E-state index in [1.165, 1.54) is 17.7 Å². The number of carboxylic acids is 1. The molecule has 5 rings (SSSR count). The molecule has 3 heterocycles. The number of aliphatic carboxylic acids is 1. The lowest BCUT2D eigenvalue weighted by Crippen LogP contribution is -2.30. The molecule has 0 bridgehead atoms. The molecule has 11 heteroatoms. The molecule has 0 radical (unpaired) electrons. The summed E-state index contributed by atoms with van der Waals surface area (Å²) in [7, 11) is 1.60. The highest BCUT2D eigenvalue weighted by Crippen LogP contribution is 2.36. The van der Waals surface area contributed by atoms with E-state index in [0.29, 0.717) is 38.8 Å². The minimum Gasteiger partial charge on any atom is -0.496 e. The van der Waals surface area contributed by atoms with Crippen LogP contribution < -0.4 is 14.2 Å². The molecule has 0 amide bonds. The third-order valence-corrected chi connectivity index (χ3v) is 8.44. The summed E-state index contributed by atoms with van der Waals surface area (Å²) < 4.78 is 18.4. The zero-order valence-electron chi connectivity index (χ0n) is 22.0. The number of methoxy groups -OCH3 is 1. The summed E-state index contributed by atoms with van der Waals surface area (Å²) >= 11 is 3.58. The summed E-state index contributed by atoms with van der Waals surface area (Å²) in [6.07, 6.45) is 1.87. The lowest BCUT2D eigenvalue weighted by Gasteiger charge is -2.17. The first kappa shape index (κ1) is 28.3. The first-order valence-electron chi connectivity index (χ1n) is 12.4. The summed E-state index contributed by atoms with van der Waals surface area (Å²) in [6, 6.07) is 16.5. The second-order valence-electron chi connectivity index (χ2n) is 8.60. The van der Waals surface area contributed by atoms with Crippen molar-refractivity contribution in [3.8, 4) is 40.6 Å². The number of nitrogens with zero attached hydrogens (tertiary/aromatic N) is 4. The molecule has 0 aliphatic rings. The highest BCUT2D eigenvalue weighted by molar-refractivity contribution is 14.1. The molecule has 3 aromatic heterocycles.